The van der Waals surface area contributed by atoms with E-state index >= 15 is 0 Å². The normalized spacial score (nSPS) is 12.6. The minimum atomic E-state index is -0.144. The summed E-state index contributed by atoms with van der Waals surface area (Å²) in [4.78, 5) is 12.1. The smallest absolute Gasteiger partial charge is 0.251 e. The van der Waals surface area contributed by atoms with E-state index in [-0.39, 0.29) is 11.9 Å². The van der Waals surface area contributed by atoms with E-state index in [0.717, 1.165) is 10.9 Å². The van der Waals surface area contributed by atoms with E-state index in [1.54, 1.807) is 18.2 Å². The Morgan fingerprint density at radius 2 is 2.11 bits per heavy atom. The lowest BCUT2D eigenvalue weighted by atomic mass is 10.0. The summed E-state index contributed by atoms with van der Waals surface area (Å²) >= 11 is 9.23. The van der Waals surface area contributed by atoms with Crippen molar-refractivity contribution in [3.63, 3.8) is 0 Å². The van der Waals surface area contributed by atoms with Crippen LogP contribution in [0.25, 0.3) is 0 Å². The van der Waals surface area contributed by atoms with Crippen LogP contribution >= 0.6 is 27.5 Å². The molecule has 1 aromatic carbocycles. The maximum absolute atomic E-state index is 12.1. The first-order chi connectivity index (χ1) is 8.42. The van der Waals surface area contributed by atoms with E-state index < -0.39 is 0 Å². The Bertz CT molecular complexity index is 403. The first kappa shape index (κ1) is 15.5. The van der Waals surface area contributed by atoms with Gasteiger partial charge in [-0.2, -0.15) is 0 Å². The summed E-state index contributed by atoms with van der Waals surface area (Å²) in [6.45, 7) is 4.64. The number of nitrogens with two attached hydrogens (primary N) is 1. The molecule has 0 aliphatic heterocycles. The summed E-state index contributed by atoms with van der Waals surface area (Å²) in [6.07, 6.45) is 0.865. The molecule has 0 radical (unpaired) electrons. The molecular weight excluding hydrogens is 316 g/mol. The minimum absolute atomic E-state index is 0.00439. The van der Waals surface area contributed by atoms with Crippen LogP contribution < -0.4 is 11.1 Å². The number of rotatable bonds is 5. The second-order valence-corrected chi connectivity index (χ2v) is 6.05. The molecule has 5 heteroatoms. The van der Waals surface area contributed by atoms with Gasteiger partial charge in [-0.3, -0.25) is 4.79 Å². The number of carbonyl (C=O) groups is 1. The van der Waals surface area contributed by atoms with Crippen LogP contribution in [0, 0.1) is 5.92 Å². The van der Waals surface area contributed by atoms with Crippen molar-refractivity contribution in [2.75, 3.05) is 6.54 Å². The van der Waals surface area contributed by atoms with Gasteiger partial charge in [0.2, 0.25) is 0 Å². The average Bonchev–Trinajstić information content (AvgIpc) is 2.26. The van der Waals surface area contributed by atoms with Gasteiger partial charge in [0.1, 0.15) is 0 Å². The molecule has 0 aliphatic carbocycles. The van der Waals surface area contributed by atoms with Gasteiger partial charge in [-0.1, -0.05) is 41.4 Å². The van der Waals surface area contributed by atoms with Crippen LogP contribution in [0.4, 0.5) is 0 Å². The van der Waals surface area contributed by atoms with Crippen molar-refractivity contribution >= 4 is 33.4 Å². The number of hydrogen-bond donors (Lipinski definition) is 2. The molecule has 0 bridgehead atoms. The monoisotopic (exact) mass is 332 g/mol. The lowest BCUT2D eigenvalue weighted by molar-refractivity contribution is 0.0933. The number of hydrogen-bond acceptors (Lipinski definition) is 2. The highest BCUT2D eigenvalue weighted by molar-refractivity contribution is 9.10. The summed E-state index contributed by atoms with van der Waals surface area (Å²) in [5.74, 6) is 0.347. The fourth-order valence-electron chi connectivity index (χ4n) is 1.74. The van der Waals surface area contributed by atoms with Crippen molar-refractivity contribution in [3.8, 4) is 0 Å². The Labute approximate surface area is 121 Å². The van der Waals surface area contributed by atoms with E-state index in [1.165, 1.54) is 0 Å². The first-order valence-corrected chi connectivity index (χ1v) is 7.06. The Morgan fingerprint density at radius 3 is 2.61 bits per heavy atom. The Kier molecular flexibility index (Phi) is 6.12. The van der Waals surface area contributed by atoms with Gasteiger partial charge in [0.05, 0.1) is 0 Å². The summed E-state index contributed by atoms with van der Waals surface area (Å²) in [7, 11) is 0. The van der Waals surface area contributed by atoms with Crippen LogP contribution in [0.5, 0.6) is 0 Å². The summed E-state index contributed by atoms with van der Waals surface area (Å²) in [5.41, 5.74) is 6.20. The Balaban J connectivity index is 2.74. The van der Waals surface area contributed by atoms with Gasteiger partial charge in [0.25, 0.3) is 5.91 Å². The van der Waals surface area contributed by atoms with Gasteiger partial charge < -0.3 is 11.1 Å². The van der Waals surface area contributed by atoms with E-state index in [9.17, 15) is 4.79 Å². The van der Waals surface area contributed by atoms with Gasteiger partial charge in [-0.25, -0.2) is 0 Å². The molecule has 0 aromatic heterocycles. The molecule has 1 unspecified atom stereocenters. The molecule has 1 atom stereocenters. The van der Waals surface area contributed by atoms with Crippen molar-refractivity contribution in [2.24, 2.45) is 11.7 Å². The van der Waals surface area contributed by atoms with E-state index in [4.69, 9.17) is 17.3 Å². The molecule has 0 saturated heterocycles. The van der Waals surface area contributed by atoms with Crippen molar-refractivity contribution < 1.29 is 4.79 Å². The predicted octanol–water partition coefficient (Wildman–Crippen LogP) is 3.21. The average molecular weight is 334 g/mol. The fraction of sp³-hybridized carbons (Fsp3) is 0.462. The lowest BCUT2D eigenvalue weighted by Gasteiger charge is -2.19. The van der Waals surface area contributed by atoms with Gasteiger partial charge >= 0.3 is 0 Å². The van der Waals surface area contributed by atoms with Crippen molar-refractivity contribution in [2.45, 2.75) is 26.3 Å². The van der Waals surface area contributed by atoms with Crippen LogP contribution in [0.3, 0.4) is 0 Å². The third kappa shape index (κ3) is 4.96. The van der Waals surface area contributed by atoms with Gasteiger partial charge in [-0.05, 0) is 30.5 Å². The first-order valence-electron chi connectivity index (χ1n) is 5.89. The topological polar surface area (TPSA) is 55.1 Å². The highest BCUT2D eigenvalue weighted by atomic mass is 79.9. The molecule has 100 valence electrons. The summed E-state index contributed by atoms with van der Waals surface area (Å²) in [6, 6.07) is 5.12. The number of amides is 1. The number of benzene rings is 1. The molecular formula is C13H18BrClN2O. The van der Waals surface area contributed by atoms with Crippen LogP contribution in [-0.4, -0.2) is 18.5 Å². The van der Waals surface area contributed by atoms with Crippen LogP contribution in [-0.2, 0) is 0 Å². The lowest BCUT2D eigenvalue weighted by Crippen LogP contribution is -2.41. The highest BCUT2D eigenvalue weighted by Gasteiger charge is 2.14. The van der Waals surface area contributed by atoms with E-state index in [1.807, 2.05) is 0 Å². The molecule has 3 N–H and O–H groups in total. The zero-order valence-electron chi connectivity index (χ0n) is 10.5. The second kappa shape index (κ2) is 7.12. The van der Waals surface area contributed by atoms with Crippen molar-refractivity contribution in [1.29, 1.82) is 0 Å². The fourth-order valence-corrected chi connectivity index (χ4v) is 2.60. The zero-order valence-corrected chi connectivity index (χ0v) is 12.9. The van der Waals surface area contributed by atoms with Crippen LogP contribution in [0.1, 0.15) is 30.6 Å². The number of carbonyl (C=O) groups excluding carboxylic acids is 1. The molecule has 0 saturated carbocycles. The van der Waals surface area contributed by atoms with Crippen molar-refractivity contribution in [3.05, 3.63) is 33.3 Å². The molecule has 1 rings (SSSR count). The van der Waals surface area contributed by atoms with Crippen LogP contribution in [0.15, 0.2) is 22.7 Å². The van der Waals surface area contributed by atoms with E-state index in [0.29, 0.717) is 23.0 Å². The molecule has 0 fully saturated rings. The molecule has 3 nitrogen and oxygen atoms in total. The quantitative estimate of drug-likeness (QED) is 0.869. The van der Waals surface area contributed by atoms with Gasteiger partial charge in [0.15, 0.2) is 0 Å². The predicted molar refractivity (Wildman–Crippen MR) is 78.9 cm³/mol. The van der Waals surface area contributed by atoms with Crippen LogP contribution in [0.2, 0.25) is 5.02 Å². The molecule has 1 aromatic rings. The Morgan fingerprint density at radius 1 is 1.44 bits per heavy atom. The standard InChI is InChI=1S/C13H18BrClN2O/c1-8(2)3-12(7-16)17-13(18)9-4-10(14)6-11(15)5-9/h4-6,8,12H,3,7,16H2,1-2H3,(H,17,18). The molecule has 0 heterocycles. The number of nitrogens with one attached hydrogen (secondary N) is 1. The van der Waals surface area contributed by atoms with Crippen molar-refractivity contribution in [1.82, 2.24) is 5.32 Å². The maximum Gasteiger partial charge on any atom is 0.251 e. The highest BCUT2D eigenvalue weighted by Crippen LogP contribution is 2.19. The number of halogens is 2. The third-order valence-corrected chi connectivity index (χ3v) is 3.18. The third-order valence-electron chi connectivity index (χ3n) is 2.50. The minimum Gasteiger partial charge on any atom is -0.348 e. The molecule has 0 spiro atoms. The second-order valence-electron chi connectivity index (χ2n) is 4.69. The van der Waals surface area contributed by atoms with Gasteiger partial charge in [-0.15, -0.1) is 0 Å². The summed E-state index contributed by atoms with van der Waals surface area (Å²) in [5, 5.41) is 3.46. The summed E-state index contributed by atoms with van der Waals surface area (Å²) < 4.78 is 0.785. The Hall–Kier alpha value is -0.580. The SMILES string of the molecule is CC(C)CC(CN)NC(=O)c1cc(Cl)cc(Br)c1. The zero-order chi connectivity index (χ0) is 13.7. The molecule has 1 amide bonds. The van der Waals surface area contributed by atoms with Gasteiger partial charge in [0, 0.05) is 27.6 Å². The van der Waals surface area contributed by atoms with E-state index in [2.05, 4.69) is 35.1 Å². The largest absolute Gasteiger partial charge is 0.348 e. The molecule has 0 aliphatic rings. The maximum atomic E-state index is 12.1. The molecule has 18 heavy (non-hydrogen) atoms.